The van der Waals surface area contributed by atoms with Crippen molar-refractivity contribution in [3.05, 3.63) is 35.9 Å². The minimum atomic E-state index is -0.698. The maximum Gasteiger partial charge on any atom is 0.325 e. The average molecular weight is 357 g/mol. The normalized spacial score (nSPS) is 19.7. The molecule has 1 heterocycles. The molecule has 26 heavy (non-hydrogen) atoms. The Labute approximate surface area is 154 Å². The lowest BCUT2D eigenvalue weighted by molar-refractivity contribution is -0.131. The van der Waals surface area contributed by atoms with Gasteiger partial charge in [0.1, 0.15) is 5.54 Å². The second-order valence-corrected chi connectivity index (χ2v) is 7.42. The predicted molar refractivity (Wildman–Crippen MR) is 98.4 cm³/mol. The van der Waals surface area contributed by atoms with Crippen molar-refractivity contribution in [1.29, 1.82) is 0 Å². The zero-order valence-electron chi connectivity index (χ0n) is 15.3. The molecule has 1 saturated carbocycles. The number of nitrogens with zero attached hydrogens (tertiary/aromatic N) is 1. The highest BCUT2D eigenvalue weighted by atomic mass is 16.2. The van der Waals surface area contributed by atoms with E-state index in [4.69, 9.17) is 0 Å². The fraction of sp³-hybridized carbons (Fsp3) is 0.550. The van der Waals surface area contributed by atoms with Gasteiger partial charge in [0, 0.05) is 19.0 Å². The van der Waals surface area contributed by atoms with Gasteiger partial charge in [-0.05, 0) is 38.2 Å². The van der Waals surface area contributed by atoms with E-state index in [9.17, 15) is 14.4 Å². The lowest BCUT2D eigenvalue weighted by Crippen LogP contribution is -2.44. The average Bonchev–Trinajstić information content (AvgIpc) is 3.18. The van der Waals surface area contributed by atoms with Crippen LogP contribution in [0.4, 0.5) is 4.79 Å². The first kappa shape index (κ1) is 18.4. The van der Waals surface area contributed by atoms with E-state index < -0.39 is 5.54 Å². The standard InChI is InChI=1S/C20H27N3O3/c1-15(9-10-16-7-3-2-4-8-16)21-17(24)11-14-23-18(25)20(22-19(23)26)12-5-6-13-20/h2-4,7-8,15H,5-6,9-14H2,1H3,(H,21,24)(H,22,26)/t15-/m1/s1. The Kier molecular flexibility index (Phi) is 5.59. The molecule has 0 bridgehead atoms. The second-order valence-electron chi connectivity index (χ2n) is 7.42. The second kappa shape index (κ2) is 7.89. The SMILES string of the molecule is C[C@H](CCc1ccccc1)NC(=O)CCN1C(=O)NC2(CCCC2)C1=O. The van der Waals surface area contributed by atoms with Crippen LogP contribution >= 0.6 is 0 Å². The van der Waals surface area contributed by atoms with E-state index in [-0.39, 0.29) is 36.9 Å². The number of aryl methyl sites for hydroxylation is 1. The molecule has 3 rings (SSSR count). The summed E-state index contributed by atoms with van der Waals surface area (Å²) in [7, 11) is 0. The van der Waals surface area contributed by atoms with Crippen LogP contribution in [0.2, 0.25) is 0 Å². The lowest BCUT2D eigenvalue weighted by Gasteiger charge is -2.20. The maximum absolute atomic E-state index is 12.5. The summed E-state index contributed by atoms with van der Waals surface area (Å²) in [6, 6.07) is 9.84. The molecule has 1 saturated heterocycles. The van der Waals surface area contributed by atoms with E-state index in [1.54, 1.807) is 0 Å². The molecule has 4 amide bonds. The van der Waals surface area contributed by atoms with Gasteiger partial charge in [0.15, 0.2) is 0 Å². The Hall–Kier alpha value is -2.37. The van der Waals surface area contributed by atoms with Crippen molar-refractivity contribution in [2.75, 3.05) is 6.54 Å². The first-order valence-corrected chi connectivity index (χ1v) is 9.47. The van der Waals surface area contributed by atoms with E-state index >= 15 is 0 Å². The number of amides is 4. The summed E-state index contributed by atoms with van der Waals surface area (Å²) in [5.74, 6) is -0.288. The van der Waals surface area contributed by atoms with Crippen LogP contribution in [0.15, 0.2) is 30.3 Å². The predicted octanol–water partition coefficient (Wildman–Crippen LogP) is 2.38. The van der Waals surface area contributed by atoms with E-state index in [1.165, 1.54) is 10.5 Å². The van der Waals surface area contributed by atoms with Crippen LogP contribution in [0.5, 0.6) is 0 Å². The van der Waals surface area contributed by atoms with E-state index in [1.807, 2.05) is 25.1 Å². The van der Waals surface area contributed by atoms with Gasteiger partial charge in [0.2, 0.25) is 5.91 Å². The zero-order valence-corrected chi connectivity index (χ0v) is 15.3. The Morgan fingerprint density at radius 1 is 1.23 bits per heavy atom. The smallest absolute Gasteiger partial charge is 0.325 e. The van der Waals surface area contributed by atoms with Crippen LogP contribution < -0.4 is 10.6 Å². The van der Waals surface area contributed by atoms with Crippen LogP contribution in [0.3, 0.4) is 0 Å². The van der Waals surface area contributed by atoms with Crippen LogP contribution in [0.25, 0.3) is 0 Å². The number of urea groups is 1. The van der Waals surface area contributed by atoms with Crippen LogP contribution in [-0.2, 0) is 16.0 Å². The van der Waals surface area contributed by atoms with Crippen molar-refractivity contribution in [3.63, 3.8) is 0 Å². The monoisotopic (exact) mass is 357 g/mol. The molecule has 0 radical (unpaired) electrons. The summed E-state index contributed by atoms with van der Waals surface area (Å²) in [6.07, 6.45) is 5.22. The van der Waals surface area contributed by atoms with E-state index in [0.717, 1.165) is 25.7 Å². The Morgan fingerprint density at radius 3 is 2.62 bits per heavy atom. The van der Waals surface area contributed by atoms with Gasteiger partial charge in [-0.15, -0.1) is 0 Å². The molecule has 2 N–H and O–H groups in total. The maximum atomic E-state index is 12.5. The van der Waals surface area contributed by atoms with Gasteiger partial charge in [-0.1, -0.05) is 43.2 Å². The van der Waals surface area contributed by atoms with E-state index in [2.05, 4.69) is 22.8 Å². The molecule has 6 nitrogen and oxygen atoms in total. The molecule has 1 aromatic carbocycles. The van der Waals surface area contributed by atoms with E-state index in [0.29, 0.717) is 12.8 Å². The van der Waals surface area contributed by atoms with Crippen LogP contribution in [0.1, 0.15) is 51.0 Å². The number of hydrogen-bond donors (Lipinski definition) is 2. The first-order chi connectivity index (χ1) is 12.5. The van der Waals surface area contributed by atoms with Gasteiger partial charge in [0.25, 0.3) is 5.91 Å². The van der Waals surface area contributed by atoms with Gasteiger partial charge in [-0.2, -0.15) is 0 Å². The van der Waals surface area contributed by atoms with Gasteiger partial charge >= 0.3 is 6.03 Å². The minimum absolute atomic E-state index is 0.0481. The number of benzene rings is 1. The van der Waals surface area contributed by atoms with Crippen molar-refractivity contribution in [1.82, 2.24) is 15.5 Å². The third-order valence-corrected chi connectivity index (χ3v) is 5.38. The summed E-state index contributed by atoms with van der Waals surface area (Å²) in [4.78, 5) is 38.0. The van der Waals surface area contributed by atoms with Crippen molar-refractivity contribution in [3.8, 4) is 0 Å². The molecular formula is C20H27N3O3. The number of hydrogen-bond acceptors (Lipinski definition) is 3. The summed E-state index contributed by atoms with van der Waals surface area (Å²) in [5, 5.41) is 5.79. The van der Waals surface area contributed by atoms with Gasteiger partial charge in [0.05, 0.1) is 0 Å². The topological polar surface area (TPSA) is 78.5 Å². The van der Waals surface area contributed by atoms with Gasteiger partial charge < -0.3 is 10.6 Å². The Morgan fingerprint density at radius 2 is 1.92 bits per heavy atom. The molecule has 2 fully saturated rings. The first-order valence-electron chi connectivity index (χ1n) is 9.47. The number of rotatable bonds is 7. The van der Waals surface area contributed by atoms with Crippen molar-refractivity contribution < 1.29 is 14.4 Å². The molecule has 2 aliphatic rings. The summed E-state index contributed by atoms with van der Waals surface area (Å²) < 4.78 is 0. The molecule has 140 valence electrons. The molecule has 0 aromatic heterocycles. The summed E-state index contributed by atoms with van der Waals surface area (Å²) >= 11 is 0. The quantitative estimate of drug-likeness (QED) is 0.736. The number of carbonyl (C=O) groups is 3. The fourth-order valence-electron chi connectivity index (χ4n) is 3.86. The molecule has 1 aliphatic carbocycles. The van der Waals surface area contributed by atoms with Crippen LogP contribution in [0, 0.1) is 0 Å². The molecule has 1 atom stereocenters. The number of nitrogens with one attached hydrogen (secondary N) is 2. The van der Waals surface area contributed by atoms with Crippen molar-refractivity contribution >= 4 is 17.8 Å². The largest absolute Gasteiger partial charge is 0.354 e. The number of carbonyl (C=O) groups excluding carboxylic acids is 3. The highest BCUT2D eigenvalue weighted by Crippen LogP contribution is 2.34. The third-order valence-electron chi connectivity index (χ3n) is 5.38. The number of imide groups is 1. The van der Waals surface area contributed by atoms with Crippen molar-refractivity contribution in [2.45, 2.75) is 63.5 Å². The van der Waals surface area contributed by atoms with Gasteiger partial charge in [-0.25, -0.2) is 4.79 Å². The van der Waals surface area contributed by atoms with Gasteiger partial charge in [-0.3, -0.25) is 14.5 Å². The Bertz CT molecular complexity index is 668. The Balaban J connectivity index is 1.42. The van der Waals surface area contributed by atoms with Crippen LogP contribution in [-0.4, -0.2) is 40.9 Å². The molecular weight excluding hydrogens is 330 g/mol. The summed E-state index contributed by atoms with van der Waals surface area (Å²) in [6.45, 7) is 2.12. The molecule has 0 unspecified atom stereocenters. The molecule has 1 aliphatic heterocycles. The summed E-state index contributed by atoms with van der Waals surface area (Å²) in [5.41, 5.74) is 0.547. The fourth-order valence-corrected chi connectivity index (χ4v) is 3.86. The molecule has 1 aromatic rings. The highest BCUT2D eigenvalue weighted by Gasteiger charge is 2.52. The molecule has 1 spiro atoms. The third kappa shape index (κ3) is 4.06. The lowest BCUT2D eigenvalue weighted by atomic mass is 9.98. The minimum Gasteiger partial charge on any atom is -0.354 e. The van der Waals surface area contributed by atoms with Crippen molar-refractivity contribution in [2.24, 2.45) is 0 Å². The highest BCUT2D eigenvalue weighted by molar-refractivity contribution is 6.07. The molecule has 6 heteroatoms. The zero-order chi connectivity index (χ0) is 18.6.